The average molecular weight is 271 g/mol. The number of nitrogens with zero attached hydrogens (tertiary/aromatic N) is 1. The molecule has 0 saturated carbocycles. The highest BCUT2D eigenvalue weighted by molar-refractivity contribution is 6.31. The molecule has 0 amide bonds. The molecule has 1 aliphatic rings. The number of likely N-dealkylation sites (tertiary alicyclic amines) is 1. The third-order valence-electron chi connectivity index (χ3n) is 3.93. The standard InChI is InChI=1S/C14H20ClFN2/c1-14(10-17,18-7-2-3-8-18)9-11-12(15)5-4-6-13(11)16/h4-6H,2-3,7-10,17H2,1H3. The Morgan fingerprint density at radius 3 is 2.61 bits per heavy atom. The van der Waals surface area contributed by atoms with Crippen LogP contribution in [0.5, 0.6) is 0 Å². The zero-order valence-corrected chi connectivity index (χ0v) is 11.5. The second kappa shape index (κ2) is 5.55. The second-order valence-electron chi connectivity index (χ2n) is 5.27. The van der Waals surface area contributed by atoms with Crippen molar-refractivity contribution in [1.82, 2.24) is 4.90 Å². The number of benzene rings is 1. The van der Waals surface area contributed by atoms with Gasteiger partial charge in [-0.05, 0) is 51.4 Å². The van der Waals surface area contributed by atoms with Gasteiger partial charge in [0.1, 0.15) is 5.82 Å². The van der Waals surface area contributed by atoms with Crippen molar-refractivity contribution in [2.45, 2.75) is 31.7 Å². The highest BCUT2D eigenvalue weighted by atomic mass is 35.5. The van der Waals surface area contributed by atoms with E-state index in [2.05, 4.69) is 11.8 Å². The van der Waals surface area contributed by atoms with E-state index in [0.29, 0.717) is 23.6 Å². The first-order chi connectivity index (χ1) is 8.57. The summed E-state index contributed by atoms with van der Waals surface area (Å²) >= 11 is 6.10. The summed E-state index contributed by atoms with van der Waals surface area (Å²) in [5, 5.41) is 0.494. The van der Waals surface area contributed by atoms with Gasteiger partial charge in [0.25, 0.3) is 0 Å². The molecule has 1 aromatic rings. The van der Waals surface area contributed by atoms with Crippen molar-refractivity contribution >= 4 is 11.6 Å². The van der Waals surface area contributed by atoms with Gasteiger partial charge in [-0.2, -0.15) is 0 Å². The Morgan fingerprint density at radius 1 is 1.39 bits per heavy atom. The van der Waals surface area contributed by atoms with Crippen molar-refractivity contribution in [3.05, 3.63) is 34.6 Å². The molecule has 0 bridgehead atoms. The minimum absolute atomic E-state index is 0.206. The molecule has 4 heteroatoms. The molecular formula is C14H20ClFN2. The summed E-state index contributed by atoms with van der Waals surface area (Å²) in [6, 6.07) is 4.83. The number of hydrogen-bond acceptors (Lipinski definition) is 2. The van der Waals surface area contributed by atoms with E-state index in [4.69, 9.17) is 17.3 Å². The number of rotatable bonds is 4. The third-order valence-corrected chi connectivity index (χ3v) is 4.28. The molecule has 1 saturated heterocycles. The van der Waals surface area contributed by atoms with Gasteiger partial charge in [0, 0.05) is 22.7 Å². The van der Waals surface area contributed by atoms with Gasteiger partial charge in [0.15, 0.2) is 0 Å². The molecule has 1 atom stereocenters. The molecule has 2 rings (SSSR count). The van der Waals surface area contributed by atoms with Crippen molar-refractivity contribution in [3.8, 4) is 0 Å². The van der Waals surface area contributed by atoms with Crippen LogP contribution in [-0.4, -0.2) is 30.1 Å². The van der Waals surface area contributed by atoms with Gasteiger partial charge in [-0.1, -0.05) is 17.7 Å². The van der Waals surface area contributed by atoms with Gasteiger partial charge < -0.3 is 5.73 Å². The lowest BCUT2D eigenvalue weighted by Crippen LogP contribution is -2.52. The zero-order valence-electron chi connectivity index (χ0n) is 10.8. The van der Waals surface area contributed by atoms with Gasteiger partial charge in [-0.15, -0.1) is 0 Å². The number of nitrogens with two attached hydrogens (primary N) is 1. The summed E-state index contributed by atoms with van der Waals surface area (Å²) in [5.74, 6) is -0.235. The first-order valence-corrected chi connectivity index (χ1v) is 6.82. The van der Waals surface area contributed by atoms with E-state index in [-0.39, 0.29) is 11.4 Å². The molecule has 18 heavy (non-hydrogen) atoms. The maximum Gasteiger partial charge on any atom is 0.127 e. The maximum atomic E-state index is 13.9. The minimum atomic E-state index is -0.235. The zero-order chi connectivity index (χ0) is 13.2. The van der Waals surface area contributed by atoms with Crippen molar-refractivity contribution in [1.29, 1.82) is 0 Å². The van der Waals surface area contributed by atoms with Crippen LogP contribution in [0.25, 0.3) is 0 Å². The van der Waals surface area contributed by atoms with Crippen LogP contribution >= 0.6 is 11.6 Å². The Balaban J connectivity index is 2.24. The summed E-state index contributed by atoms with van der Waals surface area (Å²) in [6.45, 7) is 4.69. The fourth-order valence-corrected chi connectivity index (χ4v) is 2.88. The normalized spacial score (nSPS) is 20.0. The van der Waals surface area contributed by atoms with E-state index < -0.39 is 0 Å². The van der Waals surface area contributed by atoms with Crippen LogP contribution in [0.4, 0.5) is 4.39 Å². The quantitative estimate of drug-likeness (QED) is 0.912. The molecule has 2 nitrogen and oxygen atoms in total. The topological polar surface area (TPSA) is 29.3 Å². The molecule has 1 aliphatic heterocycles. The molecule has 1 fully saturated rings. The molecule has 1 unspecified atom stereocenters. The van der Waals surface area contributed by atoms with Gasteiger partial charge >= 0.3 is 0 Å². The van der Waals surface area contributed by atoms with Crippen LogP contribution in [-0.2, 0) is 6.42 Å². The molecule has 2 N–H and O–H groups in total. The van der Waals surface area contributed by atoms with Crippen LogP contribution in [0.1, 0.15) is 25.3 Å². The van der Waals surface area contributed by atoms with Gasteiger partial charge in [-0.25, -0.2) is 4.39 Å². The van der Waals surface area contributed by atoms with Gasteiger partial charge in [-0.3, -0.25) is 4.90 Å². The van der Waals surface area contributed by atoms with E-state index in [9.17, 15) is 4.39 Å². The Labute approximate surface area is 113 Å². The molecule has 1 heterocycles. The van der Waals surface area contributed by atoms with Crippen LogP contribution in [0, 0.1) is 5.82 Å². The summed E-state index contributed by atoms with van der Waals surface area (Å²) in [7, 11) is 0. The van der Waals surface area contributed by atoms with E-state index >= 15 is 0 Å². The molecule has 0 radical (unpaired) electrons. The summed E-state index contributed by atoms with van der Waals surface area (Å²) < 4.78 is 13.9. The Kier molecular flexibility index (Phi) is 4.25. The van der Waals surface area contributed by atoms with Crippen LogP contribution in [0.2, 0.25) is 5.02 Å². The van der Waals surface area contributed by atoms with E-state index in [1.165, 1.54) is 18.9 Å². The highest BCUT2D eigenvalue weighted by Crippen LogP contribution is 2.29. The highest BCUT2D eigenvalue weighted by Gasteiger charge is 2.33. The van der Waals surface area contributed by atoms with Gasteiger partial charge in [0.2, 0.25) is 0 Å². The largest absolute Gasteiger partial charge is 0.329 e. The Bertz CT molecular complexity index is 398. The number of hydrogen-bond donors (Lipinski definition) is 1. The van der Waals surface area contributed by atoms with Crippen LogP contribution < -0.4 is 5.73 Å². The smallest absolute Gasteiger partial charge is 0.127 e. The van der Waals surface area contributed by atoms with E-state index in [1.54, 1.807) is 12.1 Å². The van der Waals surface area contributed by atoms with E-state index in [1.807, 2.05) is 0 Å². The van der Waals surface area contributed by atoms with Crippen LogP contribution in [0.3, 0.4) is 0 Å². The molecule has 0 aliphatic carbocycles. The monoisotopic (exact) mass is 270 g/mol. The second-order valence-corrected chi connectivity index (χ2v) is 5.68. The lowest BCUT2D eigenvalue weighted by molar-refractivity contribution is 0.142. The summed E-state index contributed by atoms with van der Waals surface area (Å²) in [5.41, 5.74) is 6.30. The Morgan fingerprint density at radius 2 is 2.06 bits per heavy atom. The predicted octanol–water partition coefficient (Wildman–Crippen LogP) is 2.83. The van der Waals surface area contributed by atoms with Crippen molar-refractivity contribution < 1.29 is 4.39 Å². The lowest BCUT2D eigenvalue weighted by atomic mass is 9.91. The van der Waals surface area contributed by atoms with Gasteiger partial charge in [0.05, 0.1) is 0 Å². The summed E-state index contributed by atoms with van der Waals surface area (Å²) in [6.07, 6.45) is 2.95. The molecule has 1 aromatic carbocycles. The Hall–Kier alpha value is -0.640. The average Bonchev–Trinajstić information content (AvgIpc) is 2.88. The van der Waals surface area contributed by atoms with Crippen molar-refractivity contribution in [2.75, 3.05) is 19.6 Å². The van der Waals surface area contributed by atoms with Crippen LogP contribution in [0.15, 0.2) is 18.2 Å². The lowest BCUT2D eigenvalue weighted by Gasteiger charge is -2.38. The first-order valence-electron chi connectivity index (χ1n) is 6.45. The first kappa shape index (κ1) is 13.8. The molecule has 0 aromatic heterocycles. The molecular weight excluding hydrogens is 251 g/mol. The van der Waals surface area contributed by atoms with E-state index in [0.717, 1.165) is 13.1 Å². The summed E-state index contributed by atoms with van der Waals surface area (Å²) in [4.78, 5) is 2.36. The number of halogens is 2. The predicted molar refractivity (Wildman–Crippen MR) is 73.4 cm³/mol. The molecule has 100 valence electrons. The van der Waals surface area contributed by atoms with Crippen molar-refractivity contribution in [3.63, 3.8) is 0 Å². The fraction of sp³-hybridized carbons (Fsp3) is 0.571. The fourth-order valence-electron chi connectivity index (χ4n) is 2.65. The van der Waals surface area contributed by atoms with Crippen molar-refractivity contribution in [2.24, 2.45) is 5.73 Å². The SMILES string of the molecule is CC(CN)(Cc1c(F)cccc1Cl)N1CCCC1. The maximum absolute atomic E-state index is 13.9. The minimum Gasteiger partial charge on any atom is -0.329 e. The third kappa shape index (κ3) is 2.68. The molecule has 0 spiro atoms.